The van der Waals surface area contributed by atoms with E-state index in [-0.39, 0.29) is 5.56 Å². The minimum Gasteiger partial charge on any atom is -0.434 e. The Hall–Kier alpha value is -1.47. The summed E-state index contributed by atoms with van der Waals surface area (Å²) in [6.45, 7) is -0.632. The van der Waals surface area contributed by atoms with Gasteiger partial charge >= 0.3 is 5.97 Å². The molecular formula is C8H9NO5S. The number of hydrogen-bond acceptors (Lipinski definition) is 6. The highest BCUT2D eigenvalue weighted by Gasteiger charge is 2.08. The molecule has 6 nitrogen and oxygen atoms in total. The van der Waals surface area contributed by atoms with Crippen molar-refractivity contribution in [2.75, 3.05) is 13.0 Å². The smallest absolute Gasteiger partial charge is 0.341 e. The molecule has 7 heteroatoms. The normalized spacial score (nSPS) is 11.0. The van der Waals surface area contributed by atoms with Crippen molar-refractivity contribution in [2.45, 2.75) is 0 Å². The number of hydrogen-bond donors (Lipinski definition) is 0. The minimum atomic E-state index is -3.59. The van der Waals surface area contributed by atoms with Crippen molar-refractivity contribution in [2.24, 2.45) is 0 Å². The molecule has 1 rings (SSSR count). The molecule has 1 aromatic heterocycles. The highest BCUT2D eigenvalue weighted by Crippen LogP contribution is 1.99. The van der Waals surface area contributed by atoms with Crippen LogP contribution in [-0.4, -0.2) is 32.4 Å². The number of ether oxygens (including phenoxy) is 1. The predicted octanol–water partition coefficient (Wildman–Crippen LogP) is 0.172. The molecule has 0 aliphatic rings. The standard InChI is InChI=1S/C8H9NO5S/c1-15(11,12)14-6-13-8(10)7-3-2-4-9-5-7/h2-5H,6H2,1H3. The summed E-state index contributed by atoms with van der Waals surface area (Å²) >= 11 is 0. The zero-order valence-electron chi connectivity index (χ0n) is 7.91. The first-order valence-corrected chi connectivity index (χ1v) is 5.72. The molecule has 0 spiro atoms. The maximum Gasteiger partial charge on any atom is 0.341 e. The van der Waals surface area contributed by atoms with E-state index in [1.807, 2.05) is 0 Å². The second-order valence-electron chi connectivity index (χ2n) is 2.61. The van der Waals surface area contributed by atoms with Gasteiger partial charge in [-0.3, -0.25) is 4.98 Å². The average Bonchev–Trinajstić information content (AvgIpc) is 2.17. The van der Waals surface area contributed by atoms with Crippen LogP contribution in [0.3, 0.4) is 0 Å². The number of pyridine rings is 1. The second kappa shape index (κ2) is 4.85. The summed E-state index contributed by atoms with van der Waals surface area (Å²) in [7, 11) is -3.59. The van der Waals surface area contributed by atoms with E-state index in [1.54, 1.807) is 6.07 Å². The van der Waals surface area contributed by atoms with Crippen molar-refractivity contribution in [3.05, 3.63) is 30.1 Å². The summed E-state index contributed by atoms with van der Waals surface area (Å²) in [6, 6.07) is 3.06. The summed E-state index contributed by atoms with van der Waals surface area (Å²) in [5, 5.41) is 0. The number of carbonyl (C=O) groups excluding carboxylic acids is 1. The highest BCUT2D eigenvalue weighted by molar-refractivity contribution is 7.85. The fourth-order valence-electron chi connectivity index (χ4n) is 0.732. The molecule has 0 aliphatic heterocycles. The lowest BCUT2D eigenvalue weighted by Crippen LogP contribution is -2.12. The first kappa shape index (κ1) is 11.6. The van der Waals surface area contributed by atoms with E-state index in [2.05, 4.69) is 13.9 Å². The Morgan fingerprint density at radius 3 is 2.80 bits per heavy atom. The lowest BCUT2D eigenvalue weighted by atomic mass is 10.3. The molecule has 1 aromatic rings. The van der Waals surface area contributed by atoms with Crippen molar-refractivity contribution >= 4 is 16.1 Å². The van der Waals surface area contributed by atoms with Gasteiger partial charge in [0.25, 0.3) is 10.1 Å². The monoisotopic (exact) mass is 231 g/mol. The van der Waals surface area contributed by atoms with Crippen LogP contribution in [0.4, 0.5) is 0 Å². The van der Waals surface area contributed by atoms with Crippen molar-refractivity contribution < 1.29 is 22.1 Å². The minimum absolute atomic E-state index is 0.231. The fraction of sp³-hybridized carbons (Fsp3) is 0.250. The summed E-state index contributed by atoms with van der Waals surface area (Å²) in [5.41, 5.74) is 0.231. The van der Waals surface area contributed by atoms with Crippen LogP contribution in [0.15, 0.2) is 24.5 Å². The van der Waals surface area contributed by atoms with E-state index >= 15 is 0 Å². The highest BCUT2D eigenvalue weighted by atomic mass is 32.2. The van der Waals surface area contributed by atoms with Crippen LogP contribution in [0, 0.1) is 0 Å². The Morgan fingerprint density at radius 1 is 1.53 bits per heavy atom. The molecule has 0 bridgehead atoms. The lowest BCUT2D eigenvalue weighted by molar-refractivity contribution is 0.0178. The summed E-state index contributed by atoms with van der Waals surface area (Å²) in [5.74, 6) is -0.688. The quantitative estimate of drug-likeness (QED) is 0.417. The molecule has 0 amide bonds. The molecule has 0 unspecified atom stereocenters. The number of rotatable bonds is 4. The molecule has 82 valence electrons. The van der Waals surface area contributed by atoms with E-state index in [1.165, 1.54) is 18.5 Å². The van der Waals surface area contributed by atoms with Crippen molar-refractivity contribution in [1.82, 2.24) is 4.98 Å². The van der Waals surface area contributed by atoms with E-state index < -0.39 is 22.9 Å². The van der Waals surface area contributed by atoms with Gasteiger partial charge in [0, 0.05) is 12.4 Å². The largest absolute Gasteiger partial charge is 0.434 e. The molecule has 0 saturated carbocycles. The third-order valence-corrected chi connectivity index (χ3v) is 1.87. The Morgan fingerprint density at radius 2 is 2.27 bits per heavy atom. The van der Waals surface area contributed by atoms with Crippen LogP contribution < -0.4 is 0 Å². The van der Waals surface area contributed by atoms with Gasteiger partial charge in [-0.2, -0.15) is 8.42 Å². The summed E-state index contributed by atoms with van der Waals surface area (Å²) in [4.78, 5) is 14.9. The number of esters is 1. The first-order chi connectivity index (χ1) is 6.99. The van der Waals surface area contributed by atoms with E-state index in [9.17, 15) is 13.2 Å². The van der Waals surface area contributed by atoms with Crippen LogP contribution in [0.1, 0.15) is 10.4 Å². The van der Waals surface area contributed by atoms with Gasteiger partial charge in [-0.05, 0) is 12.1 Å². The van der Waals surface area contributed by atoms with Crippen molar-refractivity contribution in [3.63, 3.8) is 0 Å². The predicted molar refractivity (Wildman–Crippen MR) is 50.4 cm³/mol. The number of nitrogens with zero attached hydrogens (tertiary/aromatic N) is 1. The van der Waals surface area contributed by atoms with Crippen molar-refractivity contribution in [1.29, 1.82) is 0 Å². The molecule has 15 heavy (non-hydrogen) atoms. The van der Waals surface area contributed by atoms with Crippen LogP contribution in [-0.2, 0) is 19.0 Å². The van der Waals surface area contributed by atoms with Gasteiger partial charge in [-0.25, -0.2) is 8.98 Å². The zero-order valence-corrected chi connectivity index (χ0v) is 8.73. The molecule has 0 N–H and O–H groups in total. The SMILES string of the molecule is CS(=O)(=O)OCOC(=O)c1cccnc1. The van der Waals surface area contributed by atoms with Crippen LogP contribution in [0.25, 0.3) is 0 Å². The van der Waals surface area contributed by atoms with Crippen LogP contribution in [0.2, 0.25) is 0 Å². The van der Waals surface area contributed by atoms with Gasteiger partial charge < -0.3 is 4.74 Å². The Balaban J connectivity index is 2.45. The number of carbonyl (C=O) groups is 1. The summed E-state index contributed by atoms with van der Waals surface area (Å²) < 4.78 is 29.8. The maximum atomic E-state index is 11.2. The molecule has 1 heterocycles. The average molecular weight is 231 g/mol. The Kier molecular flexibility index (Phi) is 3.75. The molecule has 0 atom stereocenters. The van der Waals surface area contributed by atoms with Gasteiger partial charge in [0.1, 0.15) is 0 Å². The molecular weight excluding hydrogens is 222 g/mol. The van der Waals surface area contributed by atoms with Crippen LogP contribution >= 0.6 is 0 Å². The molecule has 0 radical (unpaired) electrons. The van der Waals surface area contributed by atoms with Gasteiger partial charge in [-0.1, -0.05) is 0 Å². The molecule has 0 aliphatic carbocycles. The first-order valence-electron chi connectivity index (χ1n) is 3.90. The fourth-order valence-corrected chi connectivity index (χ4v) is 0.955. The molecule has 0 saturated heterocycles. The van der Waals surface area contributed by atoms with E-state index in [0.717, 1.165) is 6.26 Å². The second-order valence-corrected chi connectivity index (χ2v) is 4.26. The Bertz CT molecular complexity index is 428. The van der Waals surface area contributed by atoms with Gasteiger partial charge in [-0.15, -0.1) is 0 Å². The third kappa shape index (κ3) is 4.52. The molecule has 0 fully saturated rings. The van der Waals surface area contributed by atoms with Crippen molar-refractivity contribution in [3.8, 4) is 0 Å². The van der Waals surface area contributed by atoms with E-state index in [4.69, 9.17) is 0 Å². The third-order valence-electron chi connectivity index (χ3n) is 1.35. The topological polar surface area (TPSA) is 82.6 Å². The zero-order chi connectivity index (χ0) is 11.3. The van der Waals surface area contributed by atoms with Gasteiger partial charge in [0.05, 0.1) is 11.8 Å². The maximum absolute atomic E-state index is 11.2. The number of aromatic nitrogens is 1. The van der Waals surface area contributed by atoms with Crippen LogP contribution in [0.5, 0.6) is 0 Å². The lowest BCUT2D eigenvalue weighted by Gasteiger charge is -2.03. The Labute approximate surface area is 87.0 Å². The van der Waals surface area contributed by atoms with Gasteiger partial charge in [0.2, 0.25) is 6.79 Å². The molecule has 0 aromatic carbocycles. The van der Waals surface area contributed by atoms with E-state index in [0.29, 0.717) is 0 Å². The van der Waals surface area contributed by atoms with Gasteiger partial charge in [0.15, 0.2) is 0 Å². The summed E-state index contributed by atoms with van der Waals surface area (Å²) in [6.07, 6.45) is 3.68.